The molecule has 1 aromatic carbocycles. The van der Waals surface area contributed by atoms with Crippen LogP contribution in [0.15, 0.2) is 30.9 Å². The Morgan fingerprint density at radius 1 is 1.25 bits per heavy atom. The maximum absolute atomic E-state index is 6.12. The molecule has 1 aliphatic rings. The van der Waals surface area contributed by atoms with Crippen molar-refractivity contribution in [2.45, 2.75) is 13.0 Å². The van der Waals surface area contributed by atoms with Crippen molar-refractivity contribution < 1.29 is 0 Å². The van der Waals surface area contributed by atoms with Gasteiger partial charge in [0.05, 0.1) is 5.69 Å². The molecule has 0 aliphatic carbocycles. The summed E-state index contributed by atoms with van der Waals surface area (Å²) in [5.41, 5.74) is 2.23. The molecule has 106 valence electrons. The van der Waals surface area contributed by atoms with Gasteiger partial charge in [-0.1, -0.05) is 17.7 Å². The molecule has 0 unspecified atom stereocenters. The molecule has 1 aromatic heterocycles. The first-order valence-electron chi connectivity index (χ1n) is 6.89. The number of aromatic nitrogens is 3. The topological polar surface area (TPSA) is 46.0 Å². The standard InChI is InChI=1S/C14H18ClN5/c15-13-3-2-12(9-19-6-1-4-16-5-7-19)14(8-13)20-11-17-10-18-20/h2-3,8,10-11,16H,1,4-7,9H2. The predicted molar refractivity (Wildman–Crippen MR) is 79.1 cm³/mol. The summed E-state index contributed by atoms with van der Waals surface area (Å²) in [4.78, 5) is 6.48. The highest BCUT2D eigenvalue weighted by Crippen LogP contribution is 2.21. The SMILES string of the molecule is Clc1ccc(CN2CCCNCC2)c(-n2cncn2)c1. The second-order valence-corrected chi connectivity index (χ2v) is 5.43. The number of halogens is 1. The van der Waals surface area contributed by atoms with Crippen molar-refractivity contribution in [3.63, 3.8) is 0 Å². The van der Waals surface area contributed by atoms with Gasteiger partial charge in [0.15, 0.2) is 0 Å². The Morgan fingerprint density at radius 3 is 3.05 bits per heavy atom. The van der Waals surface area contributed by atoms with Crippen LogP contribution in [0, 0.1) is 0 Å². The maximum Gasteiger partial charge on any atom is 0.138 e. The van der Waals surface area contributed by atoms with Crippen molar-refractivity contribution in [2.24, 2.45) is 0 Å². The van der Waals surface area contributed by atoms with Crippen LogP contribution in [0.3, 0.4) is 0 Å². The summed E-state index contributed by atoms with van der Waals surface area (Å²) in [6.45, 7) is 5.25. The van der Waals surface area contributed by atoms with E-state index in [4.69, 9.17) is 11.6 Å². The fraction of sp³-hybridized carbons (Fsp3) is 0.429. The largest absolute Gasteiger partial charge is 0.315 e. The number of hydrogen-bond acceptors (Lipinski definition) is 4. The lowest BCUT2D eigenvalue weighted by molar-refractivity contribution is 0.284. The van der Waals surface area contributed by atoms with Crippen LogP contribution in [0.2, 0.25) is 5.02 Å². The van der Waals surface area contributed by atoms with Gasteiger partial charge >= 0.3 is 0 Å². The van der Waals surface area contributed by atoms with Crippen molar-refractivity contribution in [1.82, 2.24) is 25.0 Å². The fourth-order valence-electron chi connectivity index (χ4n) is 2.52. The molecule has 0 radical (unpaired) electrons. The van der Waals surface area contributed by atoms with E-state index in [0.29, 0.717) is 0 Å². The molecule has 0 amide bonds. The lowest BCUT2D eigenvalue weighted by atomic mass is 10.1. The highest BCUT2D eigenvalue weighted by Gasteiger charge is 2.13. The van der Waals surface area contributed by atoms with E-state index in [-0.39, 0.29) is 0 Å². The normalized spacial score (nSPS) is 17.1. The van der Waals surface area contributed by atoms with Gasteiger partial charge in [0, 0.05) is 24.7 Å². The van der Waals surface area contributed by atoms with E-state index in [2.05, 4.69) is 26.4 Å². The van der Waals surface area contributed by atoms with Crippen LogP contribution in [0.5, 0.6) is 0 Å². The first-order chi connectivity index (χ1) is 9.83. The zero-order valence-electron chi connectivity index (χ0n) is 11.3. The highest BCUT2D eigenvalue weighted by molar-refractivity contribution is 6.30. The molecule has 1 aliphatic heterocycles. The summed E-state index contributed by atoms with van der Waals surface area (Å²) in [5.74, 6) is 0. The van der Waals surface area contributed by atoms with Gasteiger partial charge in [0.1, 0.15) is 12.7 Å². The first-order valence-corrected chi connectivity index (χ1v) is 7.27. The van der Waals surface area contributed by atoms with E-state index in [1.54, 1.807) is 17.3 Å². The third kappa shape index (κ3) is 3.17. The lowest BCUT2D eigenvalue weighted by Crippen LogP contribution is -2.28. The van der Waals surface area contributed by atoms with Crippen LogP contribution < -0.4 is 5.32 Å². The van der Waals surface area contributed by atoms with Crippen molar-refractivity contribution in [1.29, 1.82) is 0 Å². The Bertz CT molecular complexity index is 547. The lowest BCUT2D eigenvalue weighted by Gasteiger charge is -2.21. The Labute approximate surface area is 123 Å². The van der Waals surface area contributed by atoms with E-state index in [0.717, 1.165) is 43.4 Å². The number of nitrogens with one attached hydrogen (secondary N) is 1. The minimum atomic E-state index is 0.719. The van der Waals surface area contributed by atoms with Crippen molar-refractivity contribution in [3.05, 3.63) is 41.4 Å². The van der Waals surface area contributed by atoms with Crippen LogP contribution in [0.25, 0.3) is 5.69 Å². The van der Waals surface area contributed by atoms with Gasteiger partial charge in [0.25, 0.3) is 0 Å². The van der Waals surface area contributed by atoms with E-state index in [9.17, 15) is 0 Å². The second kappa shape index (κ2) is 6.35. The first kappa shape index (κ1) is 13.5. The van der Waals surface area contributed by atoms with Crippen LogP contribution in [0.1, 0.15) is 12.0 Å². The van der Waals surface area contributed by atoms with Crippen molar-refractivity contribution >= 4 is 11.6 Å². The highest BCUT2D eigenvalue weighted by atomic mass is 35.5. The molecule has 20 heavy (non-hydrogen) atoms. The Hall–Kier alpha value is -1.43. The number of rotatable bonds is 3. The number of benzene rings is 1. The Morgan fingerprint density at radius 2 is 2.20 bits per heavy atom. The molecular weight excluding hydrogens is 274 g/mol. The van der Waals surface area contributed by atoms with E-state index < -0.39 is 0 Å². The summed E-state index contributed by atoms with van der Waals surface area (Å²) < 4.78 is 1.78. The van der Waals surface area contributed by atoms with Gasteiger partial charge in [-0.05, 0) is 37.2 Å². The molecule has 1 N–H and O–H groups in total. The Balaban J connectivity index is 1.85. The zero-order valence-corrected chi connectivity index (χ0v) is 12.1. The van der Waals surface area contributed by atoms with Gasteiger partial charge in [-0.2, -0.15) is 5.10 Å². The molecule has 2 heterocycles. The molecule has 5 nitrogen and oxygen atoms in total. The van der Waals surface area contributed by atoms with Gasteiger partial charge in [-0.15, -0.1) is 0 Å². The average Bonchev–Trinajstić information content (AvgIpc) is 2.86. The molecule has 0 saturated carbocycles. The molecule has 0 atom stereocenters. The monoisotopic (exact) mass is 291 g/mol. The molecule has 0 bridgehead atoms. The smallest absolute Gasteiger partial charge is 0.138 e. The van der Waals surface area contributed by atoms with Gasteiger partial charge < -0.3 is 5.32 Å². The minimum absolute atomic E-state index is 0.719. The quantitative estimate of drug-likeness (QED) is 0.935. The molecule has 2 aromatic rings. The van der Waals surface area contributed by atoms with E-state index >= 15 is 0 Å². The van der Waals surface area contributed by atoms with E-state index in [1.807, 2.05) is 12.1 Å². The predicted octanol–water partition coefficient (Wildman–Crippen LogP) is 1.72. The van der Waals surface area contributed by atoms with Crippen LogP contribution >= 0.6 is 11.6 Å². The maximum atomic E-state index is 6.12. The molecule has 1 fully saturated rings. The summed E-state index contributed by atoms with van der Waals surface area (Å²) in [5, 5.41) is 8.36. The molecule has 3 rings (SSSR count). The third-order valence-electron chi connectivity index (χ3n) is 3.54. The number of hydrogen-bond donors (Lipinski definition) is 1. The third-order valence-corrected chi connectivity index (χ3v) is 3.77. The zero-order chi connectivity index (χ0) is 13.8. The van der Waals surface area contributed by atoms with Crippen LogP contribution in [-0.2, 0) is 6.54 Å². The van der Waals surface area contributed by atoms with Gasteiger partial charge in [0.2, 0.25) is 0 Å². The molecule has 1 saturated heterocycles. The van der Waals surface area contributed by atoms with E-state index in [1.165, 1.54) is 12.0 Å². The average molecular weight is 292 g/mol. The molecule has 0 spiro atoms. The fourth-order valence-corrected chi connectivity index (χ4v) is 2.68. The van der Waals surface area contributed by atoms with Crippen molar-refractivity contribution in [2.75, 3.05) is 26.2 Å². The number of nitrogens with zero attached hydrogens (tertiary/aromatic N) is 4. The van der Waals surface area contributed by atoms with Crippen LogP contribution in [0.4, 0.5) is 0 Å². The summed E-state index contributed by atoms with van der Waals surface area (Å²) >= 11 is 6.12. The summed E-state index contributed by atoms with van der Waals surface area (Å²) in [6, 6.07) is 5.96. The minimum Gasteiger partial charge on any atom is -0.315 e. The summed E-state index contributed by atoms with van der Waals surface area (Å²) in [6.07, 6.45) is 4.44. The van der Waals surface area contributed by atoms with Gasteiger partial charge in [-0.3, -0.25) is 4.90 Å². The summed E-state index contributed by atoms with van der Waals surface area (Å²) in [7, 11) is 0. The Kier molecular flexibility index (Phi) is 4.30. The molecule has 6 heteroatoms. The van der Waals surface area contributed by atoms with Crippen LogP contribution in [-0.4, -0.2) is 45.8 Å². The van der Waals surface area contributed by atoms with Crippen molar-refractivity contribution in [3.8, 4) is 5.69 Å². The van der Waals surface area contributed by atoms with Gasteiger partial charge in [-0.25, -0.2) is 9.67 Å². The second-order valence-electron chi connectivity index (χ2n) is 4.99. The molecular formula is C14H18ClN5.